The summed E-state index contributed by atoms with van der Waals surface area (Å²) >= 11 is 1.43. The van der Waals surface area contributed by atoms with E-state index in [2.05, 4.69) is 4.98 Å². The van der Waals surface area contributed by atoms with Gasteiger partial charge in [0, 0.05) is 13.2 Å². The molecular formula is C11H14N2O2S. The first-order valence-corrected chi connectivity index (χ1v) is 6.05. The highest BCUT2D eigenvalue weighted by Crippen LogP contribution is 2.19. The van der Waals surface area contributed by atoms with Crippen LogP contribution in [-0.2, 0) is 6.54 Å². The van der Waals surface area contributed by atoms with Crippen LogP contribution in [-0.4, -0.2) is 21.3 Å². The van der Waals surface area contributed by atoms with Crippen molar-refractivity contribution in [1.82, 2.24) is 9.55 Å². The third-order valence-corrected chi connectivity index (χ3v) is 3.62. The Labute approximate surface area is 97.2 Å². The van der Waals surface area contributed by atoms with Crippen molar-refractivity contribution in [3.05, 3.63) is 27.6 Å². The number of hydrogen-bond donors (Lipinski definition) is 1. The molecule has 0 amide bonds. The van der Waals surface area contributed by atoms with Gasteiger partial charge in [-0.2, -0.15) is 0 Å². The van der Waals surface area contributed by atoms with Crippen molar-refractivity contribution in [3.63, 3.8) is 0 Å². The Morgan fingerprint density at radius 2 is 2.38 bits per heavy atom. The molecule has 0 saturated carbocycles. The average molecular weight is 238 g/mol. The van der Waals surface area contributed by atoms with E-state index in [1.165, 1.54) is 11.3 Å². The first kappa shape index (κ1) is 11.3. The summed E-state index contributed by atoms with van der Waals surface area (Å²) in [6.45, 7) is 4.44. The van der Waals surface area contributed by atoms with Gasteiger partial charge in [-0.3, -0.25) is 9.36 Å². The van der Waals surface area contributed by atoms with E-state index >= 15 is 0 Å². The standard InChI is InChI=1S/C11H14N2O2S/c1-7(4-14)3-13-6-12-9-8(2)5-16-10(9)11(13)15/h5-7,14H,3-4H2,1-2H3. The van der Waals surface area contributed by atoms with Crippen molar-refractivity contribution in [2.24, 2.45) is 5.92 Å². The van der Waals surface area contributed by atoms with Gasteiger partial charge in [-0.25, -0.2) is 4.98 Å². The maximum atomic E-state index is 12.0. The molecule has 0 bridgehead atoms. The van der Waals surface area contributed by atoms with Crippen LogP contribution in [0.1, 0.15) is 12.5 Å². The summed E-state index contributed by atoms with van der Waals surface area (Å²) in [6.07, 6.45) is 1.57. The van der Waals surface area contributed by atoms with Gasteiger partial charge >= 0.3 is 0 Å². The molecular weight excluding hydrogens is 224 g/mol. The lowest BCUT2D eigenvalue weighted by Gasteiger charge is -2.09. The summed E-state index contributed by atoms with van der Waals surface area (Å²) in [4.78, 5) is 16.3. The quantitative estimate of drug-likeness (QED) is 0.879. The molecule has 1 N–H and O–H groups in total. The van der Waals surface area contributed by atoms with Crippen molar-refractivity contribution in [3.8, 4) is 0 Å². The monoisotopic (exact) mass is 238 g/mol. The highest BCUT2D eigenvalue weighted by molar-refractivity contribution is 7.17. The molecule has 2 heterocycles. The second-order valence-electron chi connectivity index (χ2n) is 4.09. The number of hydrogen-bond acceptors (Lipinski definition) is 4. The Morgan fingerprint density at radius 3 is 3.06 bits per heavy atom. The van der Waals surface area contributed by atoms with E-state index in [9.17, 15) is 4.79 Å². The minimum atomic E-state index is -0.0107. The van der Waals surface area contributed by atoms with Gasteiger partial charge in [-0.1, -0.05) is 6.92 Å². The van der Waals surface area contributed by atoms with Crippen LogP contribution in [0.5, 0.6) is 0 Å². The lowest BCUT2D eigenvalue weighted by Crippen LogP contribution is -2.24. The summed E-state index contributed by atoms with van der Waals surface area (Å²) in [5.74, 6) is 0.0676. The smallest absolute Gasteiger partial charge is 0.271 e. The van der Waals surface area contributed by atoms with Gasteiger partial charge in [-0.15, -0.1) is 11.3 Å². The number of aromatic nitrogens is 2. The number of aryl methyl sites for hydroxylation is 1. The molecule has 86 valence electrons. The SMILES string of the molecule is Cc1csc2c(=O)n(CC(C)CO)cnc12. The number of aliphatic hydroxyl groups excluding tert-OH is 1. The van der Waals surface area contributed by atoms with Gasteiger partial charge in [-0.05, 0) is 23.8 Å². The molecule has 0 radical (unpaired) electrons. The van der Waals surface area contributed by atoms with Crippen molar-refractivity contribution in [2.75, 3.05) is 6.61 Å². The van der Waals surface area contributed by atoms with E-state index < -0.39 is 0 Å². The Bertz CT molecular complexity index is 559. The molecule has 16 heavy (non-hydrogen) atoms. The van der Waals surface area contributed by atoms with E-state index in [1.807, 2.05) is 19.2 Å². The lowest BCUT2D eigenvalue weighted by molar-refractivity contribution is 0.221. The van der Waals surface area contributed by atoms with Gasteiger partial charge in [0.15, 0.2) is 0 Å². The normalized spacial score (nSPS) is 13.2. The average Bonchev–Trinajstić information content (AvgIpc) is 2.65. The molecule has 0 aliphatic rings. The molecule has 1 unspecified atom stereocenters. The Hall–Kier alpha value is -1.20. The topological polar surface area (TPSA) is 55.1 Å². The molecule has 4 nitrogen and oxygen atoms in total. The molecule has 0 aliphatic heterocycles. The van der Waals surface area contributed by atoms with Crippen LogP contribution in [0.15, 0.2) is 16.5 Å². The van der Waals surface area contributed by atoms with Crippen molar-refractivity contribution >= 4 is 21.6 Å². The molecule has 2 aromatic rings. The molecule has 2 rings (SSSR count). The lowest BCUT2D eigenvalue weighted by atomic mass is 10.2. The Morgan fingerprint density at radius 1 is 1.62 bits per heavy atom. The fraction of sp³-hybridized carbons (Fsp3) is 0.455. The van der Waals surface area contributed by atoms with E-state index in [1.54, 1.807) is 10.9 Å². The van der Waals surface area contributed by atoms with Crippen molar-refractivity contribution in [2.45, 2.75) is 20.4 Å². The van der Waals surface area contributed by atoms with Crippen molar-refractivity contribution in [1.29, 1.82) is 0 Å². The van der Waals surface area contributed by atoms with E-state index in [4.69, 9.17) is 5.11 Å². The number of fused-ring (bicyclic) bond motifs is 1. The van der Waals surface area contributed by atoms with E-state index in [0.717, 1.165) is 11.1 Å². The summed E-state index contributed by atoms with van der Waals surface area (Å²) in [7, 11) is 0. The molecule has 0 fully saturated rings. The van der Waals surface area contributed by atoms with Crippen LogP contribution in [0.3, 0.4) is 0 Å². The largest absolute Gasteiger partial charge is 0.396 e. The highest BCUT2D eigenvalue weighted by Gasteiger charge is 2.09. The van der Waals surface area contributed by atoms with Crippen molar-refractivity contribution < 1.29 is 5.11 Å². The highest BCUT2D eigenvalue weighted by atomic mass is 32.1. The fourth-order valence-electron chi connectivity index (χ4n) is 1.58. The molecule has 0 aromatic carbocycles. The fourth-order valence-corrected chi connectivity index (χ4v) is 2.53. The summed E-state index contributed by atoms with van der Waals surface area (Å²) in [6, 6.07) is 0. The predicted molar refractivity (Wildman–Crippen MR) is 64.9 cm³/mol. The van der Waals surface area contributed by atoms with Crippen LogP contribution in [0.4, 0.5) is 0 Å². The van der Waals surface area contributed by atoms with Crippen LogP contribution >= 0.6 is 11.3 Å². The number of aliphatic hydroxyl groups is 1. The molecule has 0 aliphatic carbocycles. The predicted octanol–water partition coefficient (Wildman–Crippen LogP) is 1.39. The summed E-state index contributed by atoms with van der Waals surface area (Å²) < 4.78 is 2.27. The zero-order valence-electron chi connectivity index (χ0n) is 9.30. The van der Waals surface area contributed by atoms with E-state index in [0.29, 0.717) is 11.2 Å². The Balaban J connectivity index is 2.49. The summed E-state index contributed by atoms with van der Waals surface area (Å²) in [5, 5.41) is 10.9. The maximum absolute atomic E-state index is 12.0. The molecule has 1 atom stereocenters. The Kier molecular flexibility index (Phi) is 3.07. The maximum Gasteiger partial charge on any atom is 0.271 e. The third kappa shape index (κ3) is 1.88. The minimum absolute atomic E-state index is 0.0107. The number of thiophene rings is 1. The van der Waals surface area contributed by atoms with Crippen LogP contribution in [0, 0.1) is 12.8 Å². The first-order valence-electron chi connectivity index (χ1n) is 5.17. The number of rotatable bonds is 3. The van der Waals surface area contributed by atoms with Gasteiger partial charge in [0.2, 0.25) is 0 Å². The second kappa shape index (κ2) is 4.35. The van der Waals surface area contributed by atoms with E-state index in [-0.39, 0.29) is 18.1 Å². The third-order valence-electron chi connectivity index (χ3n) is 2.54. The van der Waals surface area contributed by atoms with Crippen LogP contribution in [0.2, 0.25) is 0 Å². The molecule has 2 aromatic heterocycles. The van der Waals surface area contributed by atoms with Crippen LogP contribution in [0.25, 0.3) is 10.2 Å². The molecule has 0 spiro atoms. The number of nitrogens with zero attached hydrogens (tertiary/aromatic N) is 2. The molecule has 0 saturated heterocycles. The van der Waals surface area contributed by atoms with Gasteiger partial charge in [0.1, 0.15) is 4.70 Å². The second-order valence-corrected chi connectivity index (χ2v) is 4.97. The van der Waals surface area contributed by atoms with Crippen LogP contribution < -0.4 is 5.56 Å². The van der Waals surface area contributed by atoms with Gasteiger partial charge < -0.3 is 5.11 Å². The first-order chi connectivity index (χ1) is 7.63. The minimum Gasteiger partial charge on any atom is -0.396 e. The zero-order valence-corrected chi connectivity index (χ0v) is 10.1. The summed E-state index contributed by atoms with van der Waals surface area (Å²) in [5.41, 5.74) is 1.82. The zero-order chi connectivity index (χ0) is 11.7. The van der Waals surface area contributed by atoms with Gasteiger partial charge in [0.05, 0.1) is 11.8 Å². The molecule has 5 heteroatoms. The van der Waals surface area contributed by atoms with Gasteiger partial charge in [0.25, 0.3) is 5.56 Å².